The van der Waals surface area contributed by atoms with E-state index in [1.807, 2.05) is 6.92 Å². The van der Waals surface area contributed by atoms with Crippen molar-refractivity contribution in [2.24, 2.45) is 5.73 Å². The van der Waals surface area contributed by atoms with Gasteiger partial charge in [0.1, 0.15) is 5.69 Å². The molecule has 0 aliphatic rings. The van der Waals surface area contributed by atoms with E-state index in [1.165, 1.54) is 11.3 Å². The first-order valence-electron chi connectivity index (χ1n) is 5.46. The van der Waals surface area contributed by atoms with Crippen LogP contribution in [0.2, 0.25) is 0 Å². The second-order valence-electron chi connectivity index (χ2n) is 3.58. The molecular formula is C11H14N4OS. The van der Waals surface area contributed by atoms with Crippen LogP contribution < -0.4 is 5.73 Å². The van der Waals surface area contributed by atoms with E-state index in [2.05, 4.69) is 10.1 Å². The Morgan fingerprint density at radius 2 is 2.41 bits per heavy atom. The number of thiazole rings is 1. The number of carbonyl (C=O) groups is 1. The third kappa shape index (κ3) is 2.59. The van der Waals surface area contributed by atoms with Crippen molar-refractivity contribution in [3.05, 3.63) is 34.0 Å². The van der Waals surface area contributed by atoms with Gasteiger partial charge in [0.2, 0.25) is 5.78 Å². The predicted octanol–water partition coefficient (Wildman–Crippen LogP) is 1.09. The Morgan fingerprint density at radius 1 is 1.59 bits per heavy atom. The van der Waals surface area contributed by atoms with Crippen LogP contribution in [0.1, 0.15) is 28.0 Å². The van der Waals surface area contributed by atoms with Crippen LogP contribution in [0.3, 0.4) is 0 Å². The lowest BCUT2D eigenvalue weighted by atomic mass is 10.2. The van der Waals surface area contributed by atoms with Crippen molar-refractivity contribution in [3.63, 3.8) is 0 Å². The minimum Gasteiger partial charge on any atom is -0.330 e. The van der Waals surface area contributed by atoms with Gasteiger partial charge in [-0.05, 0) is 13.5 Å². The minimum atomic E-state index is -0.0794. The zero-order chi connectivity index (χ0) is 12.3. The Morgan fingerprint density at radius 3 is 3.06 bits per heavy atom. The summed E-state index contributed by atoms with van der Waals surface area (Å²) in [6.45, 7) is 3.28. The lowest BCUT2D eigenvalue weighted by Crippen LogP contribution is -2.04. The van der Waals surface area contributed by atoms with Crippen molar-refractivity contribution in [2.75, 3.05) is 6.54 Å². The smallest absolute Gasteiger partial charge is 0.215 e. The summed E-state index contributed by atoms with van der Waals surface area (Å²) in [6.07, 6.45) is 4.03. The normalized spacial score (nSPS) is 10.7. The molecule has 2 rings (SSSR count). The molecule has 0 saturated carbocycles. The van der Waals surface area contributed by atoms with E-state index in [9.17, 15) is 4.79 Å². The highest BCUT2D eigenvalue weighted by molar-refractivity contribution is 7.09. The zero-order valence-corrected chi connectivity index (χ0v) is 10.4. The molecule has 0 saturated heterocycles. The van der Waals surface area contributed by atoms with Crippen LogP contribution in [0.5, 0.6) is 0 Å². The molecule has 0 spiro atoms. The highest BCUT2D eigenvalue weighted by atomic mass is 32.1. The summed E-state index contributed by atoms with van der Waals surface area (Å²) in [4.78, 5) is 16.3. The number of hydrogen-bond acceptors (Lipinski definition) is 5. The Balaban J connectivity index is 2.18. The highest BCUT2D eigenvalue weighted by Gasteiger charge is 2.14. The lowest BCUT2D eigenvalue weighted by Gasteiger charge is -1.92. The molecule has 6 heteroatoms. The van der Waals surface area contributed by atoms with Crippen LogP contribution in [-0.4, -0.2) is 27.1 Å². The van der Waals surface area contributed by atoms with Gasteiger partial charge < -0.3 is 5.73 Å². The lowest BCUT2D eigenvalue weighted by molar-refractivity contribution is 0.103. The fourth-order valence-electron chi connectivity index (χ4n) is 1.46. The predicted molar refractivity (Wildman–Crippen MR) is 66.2 cm³/mol. The molecule has 0 bridgehead atoms. The molecular weight excluding hydrogens is 236 g/mol. The van der Waals surface area contributed by atoms with E-state index < -0.39 is 0 Å². The van der Waals surface area contributed by atoms with Gasteiger partial charge in [0, 0.05) is 24.5 Å². The molecule has 0 aliphatic carbocycles. The summed E-state index contributed by atoms with van der Waals surface area (Å²) < 4.78 is 1.72. The minimum absolute atomic E-state index is 0.0794. The van der Waals surface area contributed by atoms with Crippen LogP contribution in [-0.2, 0) is 13.0 Å². The molecule has 2 heterocycles. The average Bonchev–Trinajstić information content (AvgIpc) is 2.97. The SMILES string of the molecule is CCn1cc(C(=O)c2csc(CCN)n2)cn1. The van der Waals surface area contributed by atoms with Crippen LogP contribution in [0.4, 0.5) is 0 Å². The van der Waals surface area contributed by atoms with Crippen molar-refractivity contribution >= 4 is 17.1 Å². The summed E-state index contributed by atoms with van der Waals surface area (Å²) >= 11 is 1.47. The van der Waals surface area contributed by atoms with Crippen molar-refractivity contribution < 1.29 is 4.79 Å². The van der Waals surface area contributed by atoms with E-state index in [-0.39, 0.29) is 5.78 Å². The zero-order valence-electron chi connectivity index (χ0n) is 9.59. The number of ketones is 1. The Hall–Kier alpha value is -1.53. The number of nitrogens with zero attached hydrogens (tertiary/aromatic N) is 3. The van der Waals surface area contributed by atoms with Crippen LogP contribution in [0.15, 0.2) is 17.8 Å². The molecule has 2 aromatic rings. The van der Waals surface area contributed by atoms with Gasteiger partial charge in [0.25, 0.3) is 0 Å². The van der Waals surface area contributed by atoms with E-state index in [0.29, 0.717) is 24.2 Å². The number of carbonyl (C=O) groups excluding carboxylic acids is 1. The van der Waals surface area contributed by atoms with Gasteiger partial charge >= 0.3 is 0 Å². The Bertz CT molecular complexity index is 517. The number of rotatable bonds is 5. The maximum Gasteiger partial charge on any atom is 0.215 e. The molecule has 2 aromatic heterocycles. The standard InChI is InChI=1S/C11H14N4OS/c1-2-15-6-8(5-13-15)11(16)9-7-17-10(14-9)3-4-12/h5-7H,2-4,12H2,1H3. The summed E-state index contributed by atoms with van der Waals surface area (Å²) in [7, 11) is 0. The monoisotopic (exact) mass is 250 g/mol. The molecule has 17 heavy (non-hydrogen) atoms. The molecule has 0 aliphatic heterocycles. The third-order valence-corrected chi connectivity index (χ3v) is 3.27. The Labute approximate surface area is 103 Å². The van der Waals surface area contributed by atoms with Crippen molar-refractivity contribution in [1.82, 2.24) is 14.8 Å². The maximum absolute atomic E-state index is 12.1. The fraction of sp³-hybridized carbons (Fsp3) is 0.364. The number of aromatic nitrogens is 3. The molecule has 0 unspecified atom stereocenters. The largest absolute Gasteiger partial charge is 0.330 e. The molecule has 0 radical (unpaired) electrons. The quantitative estimate of drug-likeness (QED) is 0.806. The molecule has 90 valence electrons. The molecule has 2 N–H and O–H groups in total. The summed E-state index contributed by atoms with van der Waals surface area (Å²) in [5.74, 6) is -0.0794. The van der Waals surface area contributed by atoms with Crippen LogP contribution in [0.25, 0.3) is 0 Å². The van der Waals surface area contributed by atoms with Gasteiger partial charge in [-0.15, -0.1) is 11.3 Å². The van der Waals surface area contributed by atoms with Crippen molar-refractivity contribution in [3.8, 4) is 0 Å². The van der Waals surface area contributed by atoms with Crippen molar-refractivity contribution in [2.45, 2.75) is 19.9 Å². The number of hydrogen-bond donors (Lipinski definition) is 1. The van der Waals surface area contributed by atoms with Gasteiger partial charge in [0.15, 0.2) is 0 Å². The first kappa shape index (κ1) is 11.9. The highest BCUT2D eigenvalue weighted by Crippen LogP contribution is 2.14. The fourth-order valence-corrected chi connectivity index (χ4v) is 2.25. The first-order chi connectivity index (χ1) is 8.24. The van der Waals surface area contributed by atoms with Crippen LogP contribution in [0, 0.1) is 0 Å². The third-order valence-electron chi connectivity index (χ3n) is 2.36. The topological polar surface area (TPSA) is 73.8 Å². The van der Waals surface area contributed by atoms with Gasteiger partial charge in [-0.25, -0.2) is 4.98 Å². The molecule has 0 fully saturated rings. The molecule has 0 aromatic carbocycles. The van der Waals surface area contributed by atoms with E-state index in [4.69, 9.17) is 5.73 Å². The molecule has 0 atom stereocenters. The molecule has 5 nitrogen and oxygen atoms in total. The van der Waals surface area contributed by atoms with E-state index in [1.54, 1.807) is 22.5 Å². The van der Waals surface area contributed by atoms with Crippen molar-refractivity contribution in [1.29, 1.82) is 0 Å². The summed E-state index contributed by atoms with van der Waals surface area (Å²) in [6, 6.07) is 0. The summed E-state index contributed by atoms with van der Waals surface area (Å²) in [5, 5.41) is 6.75. The van der Waals surface area contributed by atoms with Gasteiger partial charge in [-0.1, -0.05) is 0 Å². The molecule has 0 amide bonds. The van der Waals surface area contributed by atoms with Crippen LogP contribution >= 0.6 is 11.3 Å². The van der Waals surface area contributed by atoms with E-state index in [0.717, 1.165) is 11.6 Å². The number of aryl methyl sites for hydroxylation is 1. The maximum atomic E-state index is 12.1. The average molecular weight is 250 g/mol. The van der Waals surface area contributed by atoms with Gasteiger partial charge in [-0.2, -0.15) is 5.10 Å². The first-order valence-corrected chi connectivity index (χ1v) is 6.34. The second kappa shape index (κ2) is 5.20. The van der Waals surface area contributed by atoms with Gasteiger partial charge in [-0.3, -0.25) is 9.48 Å². The second-order valence-corrected chi connectivity index (χ2v) is 4.52. The number of nitrogens with two attached hydrogens (primary N) is 1. The summed E-state index contributed by atoms with van der Waals surface area (Å²) in [5.41, 5.74) is 6.51. The van der Waals surface area contributed by atoms with Gasteiger partial charge in [0.05, 0.1) is 16.8 Å². The Kier molecular flexibility index (Phi) is 3.65. The van der Waals surface area contributed by atoms with E-state index >= 15 is 0 Å².